The predicted molar refractivity (Wildman–Crippen MR) is 102 cm³/mol. The Bertz CT molecular complexity index is 879. The minimum absolute atomic E-state index is 0.204. The lowest BCUT2D eigenvalue weighted by molar-refractivity contribution is -0.384. The lowest BCUT2D eigenvalue weighted by Gasteiger charge is -2.11. The fourth-order valence-electron chi connectivity index (χ4n) is 1.89. The number of amides is 1. The van der Waals surface area contributed by atoms with Crippen LogP contribution in [-0.4, -0.2) is 22.5 Å². The molecule has 26 heavy (non-hydrogen) atoms. The molecule has 0 spiro atoms. The Kier molecular flexibility index (Phi) is 6.58. The maximum atomic E-state index is 13.7. The molecule has 0 atom stereocenters. The van der Waals surface area contributed by atoms with Gasteiger partial charge in [-0.15, -0.1) is 0 Å². The van der Waals surface area contributed by atoms with Crippen LogP contribution in [-0.2, 0) is 4.79 Å². The van der Waals surface area contributed by atoms with E-state index in [1.54, 1.807) is 18.2 Å². The first-order chi connectivity index (χ1) is 12.3. The number of hydrogen-bond acceptors (Lipinski definition) is 5. The van der Waals surface area contributed by atoms with Crippen LogP contribution < -0.4 is 15.4 Å². The van der Waals surface area contributed by atoms with E-state index in [0.29, 0.717) is 5.75 Å². The van der Waals surface area contributed by atoms with Gasteiger partial charge in [-0.05, 0) is 49.0 Å². The molecule has 0 bridgehead atoms. The molecule has 136 valence electrons. The third kappa shape index (κ3) is 5.46. The maximum Gasteiger partial charge on any atom is 0.271 e. The highest BCUT2D eigenvalue weighted by molar-refractivity contribution is 9.10. The van der Waals surface area contributed by atoms with Crippen molar-refractivity contribution in [2.45, 2.75) is 6.92 Å². The summed E-state index contributed by atoms with van der Waals surface area (Å²) in [7, 11) is 0. The molecular formula is C16H13BrFN3O4S. The molecule has 0 aromatic heterocycles. The number of aryl methyl sites for hydroxylation is 1. The summed E-state index contributed by atoms with van der Waals surface area (Å²) in [6, 6.07) is 8.18. The number of ether oxygens (including phenoxy) is 1. The van der Waals surface area contributed by atoms with Crippen molar-refractivity contribution in [1.82, 2.24) is 5.32 Å². The van der Waals surface area contributed by atoms with Crippen LogP contribution in [0.5, 0.6) is 5.75 Å². The Morgan fingerprint density at radius 3 is 2.73 bits per heavy atom. The van der Waals surface area contributed by atoms with Gasteiger partial charge in [0.05, 0.1) is 10.6 Å². The van der Waals surface area contributed by atoms with Crippen LogP contribution >= 0.6 is 28.1 Å². The van der Waals surface area contributed by atoms with Crippen LogP contribution in [0.15, 0.2) is 40.9 Å². The first-order valence-electron chi connectivity index (χ1n) is 7.20. The van der Waals surface area contributed by atoms with E-state index in [1.165, 1.54) is 0 Å². The topological polar surface area (TPSA) is 93.5 Å². The molecule has 1 amide bonds. The summed E-state index contributed by atoms with van der Waals surface area (Å²) in [5, 5.41) is 15.2. The van der Waals surface area contributed by atoms with E-state index in [4.69, 9.17) is 17.0 Å². The van der Waals surface area contributed by atoms with Gasteiger partial charge in [0.1, 0.15) is 11.6 Å². The number of hydrogen-bond donors (Lipinski definition) is 2. The monoisotopic (exact) mass is 441 g/mol. The summed E-state index contributed by atoms with van der Waals surface area (Å²) < 4.78 is 19.9. The molecule has 0 aliphatic carbocycles. The number of carbonyl (C=O) groups is 1. The van der Waals surface area contributed by atoms with E-state index < -0.39 is 16.6 Å². The quantitative estimate of drug-likeness (QED) is 0.417. The van der Waals surface area contributed by atoms with Gasteiger partial charge in [-0.2, -0.15) is 0 Å². The van der Waals surface area contributed by atoms with Gasteiger partial charge in [0.25, 0.3) is 11.6 Å². The van der Waals surface area contributed by atoms with Crippen molar-refractivity contribution in [3.8, 4) is 5.75 Å². The third-order valence-corrected chi connectivity index (χ3v) is 4.26. The van der Waals surface area contributed by atoms with Crippen LogP contribution in [0.2, 0.25) is 0 Å². The smallest absolute Gasteiger partial charge is 0.271 e. The number of carbonyl (C=O) groups excluding carboxylic acids is 1. The third-order valence-electron chi connectivity index (χ3n) is 3.16. The number of anilines is 1. The van der Waals surface area contributed by atoms with Gasteiger partial charge < -0.3 is 10.1 Å². The number of rotatable bonds is 5. The Morgan fingerprint density at radius 2 is 2.08 bits per heavy atom. The van der Waals surface area contributed by atoms with E-state index in [2.05, 4.69) is 26.6 Å². The van der Waals surface area contributed by atoms with E-state index in [0.717, 1.165) is 28.2 Å². The van der Waals surface area contributed by atoms with Crippen molar-refractivity contribution < 1.29 is 18.8 Å². The summed E-state index contributed by atoms with van der Waals surface area (Å²) in [5.74, 6) is -0.799. The fraction of sp³-hybridized carbons (Fsp3) is 0.125. The van der Waals surface area contributed by atoms with Crippen LogP contribution in [0.3, 0.4) is 0 Å². The first-order valence-corrected chi connectivity index (χ1v) is 8.40. The number of non-ortho nitro benzene ring substituents is 1. The van der Waals surface area contributed by atoms with Crippen LogP contribution in [0.25, 0.3) is 0 Å². The second-order valence-electron chi connectivity index (χ2n) is 5.12. The zero-order valence-electron chi connectivity index (χ0n) is 13.4. The molecule has 2 rings (SSSR count). The number of nitrogens with one attached hydrogen (secondary N) is 2. The Balaban J connectivity index is 1.91. The highest BCUT2D eigenvalue weighted by Gasteiger charge is 2.13. The van der Waals surface area contributed by atoms with Crippen molar-refractivity contribution in [1.29, 1.82) is 0 Å². The van der Waals surface area contributed by atoms with Crippen LogP contribution in [0.4, 0.5) is 15.8 Å². The van der Waals surface area contributed by atoms with E-state index in [-0.39, 0.29) is 23.1 Å². The zero-order chi connectivity index (χ0) is 19.3. The lowest BCUT2D eigenvalue weighted by Crippen LogP contribution is -2.37. The fourth-order valence-corrected chi connectivity index (χ4v) is 2.37. The van der Waals surface area contributed by atoms with Gasteiger partial charge in [0.2, 0.25) is 0 Å². The van der Waals surface area contributed by atoms with Gasteiger partial charge >= 0.3 is 0 Å². The molecule has 2 aromatic carbocycles. The van der Waals surface area contributed by atoms with E-state index in [9.17, 15) is 19.3 Å². The van der Waals surface area contributed by atoms with Gasteiger partial charge in [-0.1, -0.05) is 15.9 Å². The molecule has 0 fully saturated rings. The predicted octanol–water partition coefficient (Wildman–Crippen LogP) is 3.70. The first kappa shape index (κ1) is 19.7. The lowest BCUT2D eigenvalue weighted by atomic mass is 10.2. The summed E-state index contributed by atoms with van der Waals surface area (Å²) >= 11 is 8.27. The number of halogens is 2. The average molecular weight is 442 g/mol. The highest BCUT2D eigenvalue weighted by atomic mass is 79.9. The summed E-state index contributed by atoms with van der Waals surface area (Å²) in [4.78, 5) is 21.9. The number of nitrogens with zero attached hydrogens (tertiary/aromatic N) is 1. The van der Waals surface area contributed by atoms with Crippen molar-refractivity contribution in [3.05, 3.63) is 62.4 Å². The number of nitro benzene ring substituents is 1. The average Bonchev–Trinajstić information content (AvgIpc) is 2.57. The number of benzene rings is 2. The van der Waals surface area contributed by atoms with Gasteiger partial charge in [-0.25, -0.2) is 4.39 Å². The van der Waals surface area contributed by atoms with E-state index >= 15 is 0 Å². The summed E-state index contributed by atoms with van der Waals surface area (Å²) in [6.45, 7) is 1.57. The molecular weight excluding hydrogens is 429 g/mol. The molecule has 10 heteroatoms. The molecule has 7 nitrogen and oxygen atoms in total. The molecule has 0 aliphatic heterocycles. The molecule has 2 aromatic rings. The second-order valence-corrected chi connectivity index (χ2v) is 6.39. The Hall–Kier alpha value is -2.59. The normalized spacial score (nSPS) is 10.1. The standard InChI is InChI=1S/C16H13BrFN3O4S/c1-9-6-11(3-4-12(9)17)25-8-15(22)20-16(26)19-14-7-10(21(23)24)2-5-13(14)18/h2-7H,8H2,1H3,(H2,19,20,22,26). The zero-order valence-corrected chi connectivity index (χ0v) is 15.8. The number of nitro groups is 1. The van der Waals surface area contributed by atoms with Crippen molar-refractivity contribution >= 4 is 50.5 Å². The summed E-state index contributed by atoms with van der Waals surface area (Å²) in [5.41, 5.74) is 0.423. The Morgan fingerprint density at radius 1 is 1.35 bits per heavy atom. The number of thiocarbonyl (C=S) groups is 1. The van der Waals surface area contributed by atoms with Crippen molar-refractivity contribution in [2.24, 2.45) is 0 Å². The molecule has 0 saturated heterocycles. The molecule has 0 saturated carbocycles. The minimum atomic E-state index is -0.742. The second kappa shape index (κ2) is 8.68. The van der Waals surface area contributed by atoms with Gasteiger partial charge in [-0.3, -0.25) is 20.2 Å². The van der Waals surface area contributed by atoms with Crippen LogP contribution in [0.1, 0.15) is 5.56 Å². The minimum Gasteiger partial charge on any atom is -0.484 e. The molecule has 0 unspecified atom stereocenters. The molecule has 0 aliphatic rings. The summed E-state index contributed by atoms with van der Waals surface area (Å²) in [6.07, 6.45) is 0. The molecule has 0 heterocycles. The van der Waals surface area contributed by atoms with E-state index in [1.807, 2.05) is 6.92 Å². The SMILES string of the molecule is Cc1cc(OCC(=O)NC(=S)Nc2cc([N+](=O)[O-])ccc2F)ccc1Br. The Labute approximate surface area is 161 Å². The molecule has 0 radical (unpaired) electrons. The van der Waals surface area contributed by atoms with Crippen molar-refractivity contribution in [3.63, 3.8) is 0 Å². The largest absolute Gasteiger partial charge is 0.484 e. The van der Waals surface area contributed by atoms with Crippen molar-refractivity contribution in [2.75, 3.05) is 11.9 Å². The van der Waals surface area contributed by atoms with Crippen LogP contribution in [0, 0.1) is 22.9 Å². The van der Waals surface area contributed by atoms with Gasteiger partial charge in [0.15, 0.2) is 11.7 Å². The molecule has 2 N–H and O–H groups in total. The maximum absolute atomic E-state index is 13.7. The van der Waals surface area contributed by atoms with Gasteiger partial charge in [0, 0.05) is 16.6 Å². The highest BCUT2D eigenvalue weighted by Crippen LogP contribution is 2.22.